The van der Waals surface area contributed by atoms with Crippen molar-refractivity contribution in [1.82, 2.24) is 24.6 Å². The number of rotatable bonds is 3. The number of hydrogen-bond acceptors (Lipinski definition) is 4. The lowest BCUT2D eigenvalue weighted by Gasteiger charge is -2.35. The van der Waals surface area contributed by atoms with Crippen molar-refractivity contribution in [3.05, 3.63) is 24.0 Å². The van der Waals surface area contributed by atoms with Crippen molar-refractivity contribution in [1.29, 1.82) is 0 Å². The molecule has 1 saturated heterocycles. The molecule has 25 heavy (non-hydrogen) atoms. The number of aromatic nitrogens is 3. The Morgan fingerprint density at radius 3 is 2.24 bits per heavy atom. The van der Waals surface area contributed by atoms with Gasteiger partial charge in [-0.25, -0.2) is 9.67 Å². The second kappa shape index (κ2) is 6.82. The zero-order valence-electron chi connectivity index (χ0n) is 15.3. The Balaban J connectivity index is 1.72. The lowest BCUT2D eigenvalue weighted by atomic mass is 10.1. The summed E-state index contributed by atoms with van der Waals surface area (Å²) in [5.41, 5.74) is 1.36. The van der Waals surface area contributed by atoms with Crippen LogP contribution in [-0.2, 0) is 4.79 Å². The fourth-order valence-corrected chi connectivity index (χ4v) is 3.11. The van der Waals surface area contributed by atoms with E-state index in [1.807, 2.05) is 43.3 Å². The van der Waals surface area contributed by atoms with Crippen LogP contribution in [0, 0.1) is 5.92 Å². The van der Waals surface area contributed by atoms with E-state index in [0.717, 1.165) is 11.0 Å². The number of amides is 2. The highest BCUT2D eigenvalue weighted by atomic mass is 16.2. The maximum absolute atomic E-state index is 12.7. The molecule has 0 saturated carbocycles. The van der Waals surface area contributed by atoms with Crippen LogP contribution in [0.25, 0.3) is 11.0 Å². The van der Waals surface area contributed by atoms with E-state index in [-0.39, 0.29) is 23.8 Å². The minimum absolute atomic E-state index is 0.00801. The summed E-state index contributed by atoms with van der Waals surface area (Å²) in [6, 6.07) is 2.07. The van der Waals surface area contributed by atoms with Gasteiger partial charge in [-0.05, 0) is 19.9 Å². The van der Waals surface area contributed by atoms with Gasteiger partial charge in [-0.2, -0.15) is 5.10 Å². The Morgan fingerprint density at radius 1 is 1.00 bits per heavy atom. The molecule has 7 nitrogen and oxygen atoms in total. The SMILES string of the molecule is CC(C)C(=O)N1CCN(C(=O)c2cnc3c(cnn3C(C)C)c2)CC1. The van der Waals surface area contributed by atoms with Gasteiger partial charge in [0.2, 0.25) is 5.91 Å². The molecule has 7 heteroatoms. The normalized spacial score (nSPS) is 15.4. The quantitative estimate of drug-likeness (QED) is 0.854. The van der Waals surface area contributed by atoms with Gasteiger partial charge in [0.05, 0.1) is 11.8 Å². The summed E-state index contributed by atoms with van der Waals surface area (Å²) in [6.07, 6.45) is 3.37. The number of piperazine rings is 1. The first-order valence-corrected chi connectivity index (χ1v) is 8.79. The maximum atomic E-state index is 12.7. The number of nitrogens with zero attached hydrogens (tertiary/aromatic N) is 5. The largest absolute Gasteiger partial charge is 0.339 e. The summed E-state index contributed by atoms with van der Waals surface area (Å²) in [4.78, 5) is 32.9. The molecule has 0 radical (unpaired) electrons. The summed E-state index contributed by atoms with van der Waals surface area (Å²) in [6.45, 7) is 10.2. The molecule has 0 aromatic carbocycles. The smallest absolute Gasteiger partial charge is 0.255 e. The minimum Gasteiger partial charge on any atom is -0.339 e. The second-order valence-electron chi connectivity index (χ2n) is 7.09. The van der Waals surface area contributed by atoms with E-state index in [0.29, 0.717) is 31.7 Å². The van der Waals surface area contributed by atoms with Gasteiger partial charge in [0.15, 0.2) is 5.65 Å². The molecule has 0 unspecified atom stereocenters. The van der Waals surface area contributed by atoms with E-state index in [4.69, 9.17) is 0 Å². The molecular formula is C18H25N5O2. The van der Waals surface area contributed by atoms with E-state index >= 15 is 0 Å². The molecule has 1 aliphatic heterocycles. The number of carbonyl (C=O) groups excluding carboxylic acids is 2. The van der Waals surface area contributed by atoms with Gasteiger partial charge in [-0.3, -0.25) is 9.59 Å². The Labute approximate surface area is 147 Å². The van der Waals surface area contributed by atoms with Gasteiger partial charge in [0.1, 0.15) is 0 Å². The molecule has 134 valence electrons. The zero-order valence-corrected chi connectivity index (χ0v) is 15.3. The van der Waals surface area contributed by atoms with Crippen molar-refractivity contribution in [2.45, 2.75) is 33.7 Å². The molecule has 0 aliphatic carbocycles. The minimum atomic E-state index is -0.0386. The third-order valence-corrected chi connectivity index (χ3v) is 4.54. The highest BCUT2D eigenvalue weighted by Crippen LogP contribution is 2.18. The standard InChI is InChI=1S/C18H25N5O2/c1-12(2)17(24)21-5-7-22(8-6-21)18(25)15-9-14-11-20-23(13(3)4)16(14)19-10-15/h9-13H,5-8H2,1-4H3. The Kier molecular flexibility index (Phi) is 4.74. The van der Waals surface area contributed by atoms with Crippen LogP contribution in [-0.4, -0.2) is 62.6 Å². The van der Waals surface area contributed by atoms with Crippen molar-refractivity contribution < 1.29 is 9.59 Å². The second-order valence-corrected chi connectivity index (χ2v) is 7.09. The Hall–Kier alpha value is -2.44. The van der Waals surface area contributed by atoms with Gasteiger partial charge in [0, 0.05) is 49.7 Å². The van der Waals surface area contributed by atoms with E-state index in [1.54, 1.807) is 17.3 Å². The maximum Gasteiger partial charge on any atom is 0.255 e. The zero-order chi connectivity index (χ0) is 18.1. The average molecular weight is 343 g/mol. The van der Waals surface area contributed by atoms with E-state index in [9.17, 15) is 9.59 Å². The summed E-state index contributed by atoms with van der Waals surface area (Å²) < 4.78 is 1.85. The summed E-state index contributed by atoms with van der Waals surface area (Å²) in [5, 5.41) is 5.21. The Bertz CT molecular complexity index is 788. The predicted octanol–water partition coefficient (Wildman–Crippen LogP) is 1.95. The van der Waals surface area contributed by atoms with Crippen molar-refractivity contribution in [2.24, 2.45) is 5.92 Å². The third-order valence-electron chi connectivity index (χ3n) is 4.54. The lowest BCUT2D eigenvalue weighted by Crippen LogP contribution is -2.51. The molecular weight excluding hydrogens is 318 g/mol. The molecule has 0 atom stereocenters. The topological polar surface area (TPSA) is 71.3 Å². The van der Waals surface area contributed by atoms with Crippen LogP contribution in [0.5, 0.6) is 0 Å². The molecule has 0 spiro atoms. The van der Waals surface area contributed by atoms with Crippen LogP contribution in [0.4, 0.5) is 0 Å². The third kappa shape index (κ3) is 3.36. The molecule has 3 rings (SSSR count). The number of pyridine rings is 1. The predicted molar refractivity (Wildman–Crippen MR) is 95.2 cm³/mol. The highest BCUT2D eigenvalue weighted by Gasteiger charge is 2.26. The highest BCUT2D eigenvalue weighted by molar-refractivity contribution is 5.97. The van der Waals surface area contributed by atoms with Gasteiger partial charge < -0.3 is 9.80 Å². The van der Waals surface area contributed by atoms with Gasteiger partial charge in [-0.1, -0.05) is 13.8 Å². The van der Waals surface area contributed by atoms with Crippen LogP contribution < -0.4 is 0 Å². The van der Waals surface area contributed by atoms with E-state index in [1.165, 1.54) is 0 Å². The molecule has 2 aromatic rings. The molecule has 1 aliphatic rings. The van der Waals surface area contributed by atoms with Gasteiger partial charge in [-0.15, -0.1) is 0 Å². The molecule has 2 aromatic heterocycles. The van der Waals surface area contributed by atoms with Gasteiger partial charge in [0.25, 0.3) is 5.91 Å². The molecule has 1 fully saturated rings. The van der Waals surface area contributed by atoms with Crippen LogP contribution in [0.1, 0.15) is 44.1 Å². The van der Waals surface area contributed by atoms with Crippen LogP contribution in [0.3, 0.4) is 0 Å². The lowest BCUT2D eigenvalue weighted by molar-refractivity contribution is -0.135. The first-order valence-electron chi connectivity index (χ1n) is 8.79. The fourth-order valence-electron chi connectivity index (χ4n) is 3.11. The van der Waals surface area contributed by atoms with Crippen molar-refractivity contribution >= 4 is 22.8 Å². The van der Waals surface area contributed by atoms with Crippen LogP contribution >= 0.6 is 0 Å². The monoisotopic (exact) mass is 343 g/mol. The van der Waals surface area contributed by atoms with Crippen molar-refractivity contribution in [2.75, 3.05) is 26.2 Å². The van der Waals surface area contributed by atoms with Crippen LogP contribution in [0.15, 0.2) is 18.5 Å². The average Bonchev–Trinajstić information content (AvgIpc) is 3.04. The first kappa shape index (κ1) is 17.4. The molecule has 2 amide bonds. The van der Waals surface area contributed by atoms with Crippen molar-refractivity contribution in [3.63, 3.8) is 0 Å². The number of fused-ring (bicyclic) bond motifs is 1. The molecule has 3 heterocycles. The van der Waals surface area contributed by atoms with Crippen LogP contribution in [0.2, 0.25) is 0 Å². The fraction of sp³-hybridized carbons (Fsp3) is 0.556. The van der Waals surface area contributed by atoms with E-state index in [2.05, 4.69) is 10.1 Å². The van der Waals surface area contributed by atoms with E-state index < -0.39 is 0 Å². The Morgan fingerprint density at radius 2 is 1.64 bits per heavy atom. The first-order chi connectivity index (χ1) is 11.9. The molecule has 0 N–H and O–H groups in total. The molecule has 0 bridgehead atoms. The summed E-state index contributed by atoms with van der Waals surface area (Å²) in [5.74, 6) is 0.103. The van der Waals surface area contributed by atoms with Crippen molar-refractivity contribution in [3.8, 4) is 0 Å². The number of carbonyl (C=O) groups is 2. The summed E-state index contributed by atoms with van der Waals surface area (Å²) in [7, 11) is 0. The summed E-state index contributed by atoms with van der Waals surface area (Å²) >= 11 is 0. The van der Waals surface area contributed by atoms with Gasteiger partial charge >= 0.3 is 0 Å². The number of hydrogen-bond donors (Lipinski definition) is 0.